The van der Waals surface area contributed by atoms with Crippen LogP contribution in [0.3, 0.4) is 0 Å². The van der Waals surface area contributed by atoms with E-state index in [2.05, 4.69) is 9.88 Å². The minimum Gasteiger partial charge on any atom is -0.378 e. The molecular weight excluding hydrogens is 266 g/mol. The van der Waals surface area contributed by atoms with Crippen molar-refractivity contribution < 1.29 is 9.53 Å². The molecule has 1 aromatic heterocycles. The molecule has 2 saturated heterocycles. The molecule has 1 amide bonds. The summed E-state index contributed by atoms with van der Waals surface area (Å²) in [6.07, 6.45) is 5.84. The predicted octanol–water partition coefficient (Wildman–Crippen LogP) is 1.69. The van der Waals surface area contributed by atoms with E-state index in [1.165, 1.54) is 6.42 Å². The summed E-state index contributed by atoms with van der Waals surface area (Å²) >= 11 is 0. The van der Waals surface area contributed by atoms with Crippen LogP contribution in [0, 0.1) is 0 Å². The van der Waals surface area contributed by atoms with E-state index in [-0.39, 0.29) is 12.0 Å². The Balaban J connectivity index is 1.47. The molecular formula is C16H23N3O2. The molecule has 3 heterocycles. The van der Waals surface area contributed by atoms with Crippen LogP contribution < -0.4 is 4.90 Å². The molecule has 5 heteroatoms. The number of amides is 1. The number of ether oxygens (including phenoxy) is 1. The third kappa shape index (κ3) is 3.73. The number of hydrogen-bond donors (Lipinski definition) is 0. The molecule has 0 saturated carbocycles. The second kappa shape index (κ2) is 6.89. The monoisotopic (exact) mass is 289 g/mol. The maximum atomic E-state index is 12.3. The highest BCUT2D eigenvalue weighted by atomic mass is 16.5. The summed E-state index contributed by atoms with van der Waals surface area (Å²) in [6, 6.07) is 5.95. The minimum atomic E-state index is 0.139. The molecule has 0 bridgehead atoms. The highest BCUT2D eigenvalue weighted by Gasteiger charge is 2.25. The average Bonchev–Trinajstić information content (AvgIpc) is 2.57. The lowest BCUT2D eigenvalue weighted by molar-refractivity contribution is -0.135. The fraction of sp³-hybridized carbons (Fsp3) is 0.625. The standard InChI is InChI=1S/C16H23N3O2/c20-16(13-14-5-2-4-12-21-14)19-10-8-18(9-11-19)15-6-1-3-7-17-15/h1,3,6-7,14H,2,4-5,8-13H2. The lowest BCUT2D eigenvalue weighted by Crippen LogP contribution is -2.49. The van der Waals surface area contributed by atoms with E-state index in [4.69, 9.17) is 4.74 Å². The zero-order valence-electron chi connectivity index (χ0n) is 12.4. The molecule has 2 aliphatic heterocycles. The second-order valence-electron chi connectivity index (χ2n) is 5.75. The Morgan fingerprint density at radius 2 is 2.10 bits per heavy atom. The smallest absolute Gasteiger partial charge is 0.225 e. The second-order valence-corrected chi connectivity index (χ2v) is 5.75. The fourth-order valence-corrected chi connectivity index (χ4v) is 3.02. The first-order chi connectivity index (χ1) is 10.3. The summed E-state index contributed by atoms with van der Waals surface area (Å²) in [5.41, 5.74) is 0. The Morgan fingerprint density at radius 3 is 2.76 bits per heavy atom. The van der Waals surface area contributed by atoms with Gasteiger partial charge in [0, 0.05) is 39.0 Å². The summed E-state index contributed by atoms with van der Waals surface area (Å²) in [7, 11) is 0. The van der Waals surface area contributed by atoms with Crippen LogP contribution in [0.25, 0.3) is 0 Å². The average molecular weight is 289 g/mol. The summed E-state index contributed by atoms with van der Waals surface area (Å²) in [5, 5.41) is 0. The Hall–Kier alpha value is -1.62. The predicted molar refractivity (Wildman–Crippen MR) is 81.2 cm³/mol. The maximum Gasteiger partial charge on any atom is 0.225 e. The molecule has 0 N–H and O–H groups in total. The van der Waals surface area contributed by atoms with Crippen molar-refractivity contribution in [3.63, 3.8) is 0 Å². The van der Waals surface area contributed by atoms with Crippen LogP contribution in [0.5, 0.6) is 0 Å². The number of hydrogen-bond acceptors (Lipinski definition) is 4. The Kier molecular flexibility index (Phi) is 4.70. The van der Waals surface area contributed by atoms with E-state index in [0.29, 0.717) is 6.42 Å². The summed E-state index contributed by atoms with van der Waals surface area (Å²) in [6.45, 7) is 4.08. The quantitative estimate of drug-likeness (QED) is 0.849. The van der Waals surface area contributed by atoms with Gasteiger partial charge >= 0.3 is 0 Å². The van der Waals surface area contributed by atoms with Gasteiger partial charge in [-0.2, -0.15) is 0 Å². The van der Waals surface area contributed by atoms with Gasteiger partial charge in [-0.3, -0.25) is 4.79 Å². The van der Waals surface area contributed by atoms with E-state index < -0.39 is 0 Å². The van der Waals surface area contributed by atoms with E-state index in [1.807, 2.05) is 29.3 Å². The van der Waals surface area contributed by atoms with Gasteiger partial charge in [-0.1, -0.05) is 6.07 Å². The minimum absolute atomic E-state index is 0.139. The Bertz CT molecular complexity index is 452. The normalized spacial score (nSPS) is 23.1. The number of pyridine rings is 1. The SMILES string of the molecule is O=C(CC1CCCCO1)N1CCN(c2ccccn2)CC1. The number of rotatable bonds is 3. The van der Waals surface area contributed by atoms with E-state index in [1.54, 1.807) is 0 Å². The van der Waals surface area contributed by atoms with Gasteiger partial charge in [0.2, 0.25) is 5.91 Å². The largest absolute Gasteiger partial charge is 0.378 e. The summed E-state index contributed by atoms with van der Waals surface area (Å²) in [4.78, 5) is 20.9. The molecule has 114 valence electrons. The number of aromatic nitrogens is 1. The molecule has 2 fully saturated rings. The molecule has 2 aliphatic rings. The van der Waals surface area contributed by atoms with Crippen LogP contribution in [0.15, 0.2) is 24.4 Å². The van der Waals surface area contributed by atoms with Crippen LogP contribution in [0.1, 0.15) is 25.7 Å². The van der Waals surface area contributed by atoms with Gasteiger partial charge in [-0.15, -0.1) is 0 Å². The van der Waals surface area contributed by atoms with Gasteiger partial charge in [-0.05, 0) is 31.4 Å². The van der Waals surface area contributed by atoms with Gasteiger partial charge in [0.05, 0.1) is 12.5 Å². The molecule has 0 radical (unpaired) electrons. The lowest BCUT2D eigenvalue weighted by atomic mass is 10.1. The Labute approximate surface area is 125 Å². The summed E-state index contributed by atoms with van der Waals surface area (Å²) in [5.74, 6) is 1.24. The van der Waals surface area contributed by atoms with E-state index in [9.17, 15) is 4.79 Å². The molecule has 3 rings (SSSR count). The number of anilines is 1. The third-order valence-electron chi connectivity index (χ3n) is 4.28. The van der Waals surface area contributed by atoms with Crippen molar-refractivity contribution in [2.45, 2.75) is 31.8 Å². The molecule has 1 aromatic rings. The van der Waals surface area contributed by atoms with Gasteiger partial charge < -0.3 is 14.5 Å². The van der Waals surface area contributed by atoms with Crippen molar-refractivity contribution in [2.75, 3.05) is 37.7 Å². The van der Waals surface area contributed by atoms with Gasteiger partial charge in [0.25, 0.3) is 0 Å². The highest BCUT2D eigenvalue weighted by molar-refractivity contribution is 5.77. The van der Waals surface area contributed by atoms with Crippen molar-refractivity contribution >= 4 is 11.7 Å². The first-order valence-corrected chi connectivity index (χ1v) is 7.88. The van der Waals surface area contributed by atoms with Crippen LogP contribution in [-0.4, -0.2) is 54.7 Å². The number of piperazine rings is 1. The maximum absolute atomic E-state index is 12.3. The molecule has 0 spiro atoms. The van der Waals surface area contributed by atoms with E-state index >= 15 is 0 Å². The number of carbonyl (C=O) groups excluding carboxylic acids is 1. The van der Waals surface area contributed by atoms with Crippen molar-refractivity contribution in [2.24, 2.45) is 0 Å². The van der Waals surface area contributed by atoms with Crippen LogP contribution >= 0.6 is 0 Å². The molecule has 1 unspecified atom stereocenters. The Morgan fingerprint density at radius 1 is 1.24 bits per heavy atom. The van der Waals surface area contributed by atoms with Gasteiger partial charge in [0.1, 0.15) is 5.82 Å². The molecule has 0 aromatic carbocycles. The van der Waals surface area contributed by atoms with E-state index in [0.717, 1.165) is 51.4 Å². The molecule has 5 nitrogen and oxygen atoms in total. The lowest BCUT2D eigenvalue weighted by Gasteiger charge is -2.36. The van der Waals surface area contributed by atoms with Gasteiger partial charge in [0.15, 0.2) is 0 Å². The third-order valence-corrected chi connectivity index (χ3v) is 4.28. The van der Waals surface area contributed by atoms with Crippen LogP contribution in [-0.2, 0) is 9.53 Å². The van der Waals surface area contributed by atoms with Crippen molar-refractivity contribution in [3.8, 4) is 0 Å². The topological polar surface area (TPSA) is 45.7 Å². The van der Waals surface area contributed by atoms with Crippen molar-refractivity contribution in [3.05, 3.63) is 24.4 Å². The number of carbonyl (C=O) groups is 1. The van der Waals surface area contributed by atoms with Crippen molar-refractivity contribution in [1.82, 2.24) is 9.88 Å². The van der Waals surface area contributed by atoms with Gasteiger partial charge in [-0.25, -0.2) is 4.98 Å². The fourth-order valence-electron chi connectivity index (χ4n) is 3.02. The zero-order valence-corrected chi connectivity index (χ0v) is 12.4. The zero-order chi connectivity index (χ0) is 14.5. The highest BCUT2D eigenvalue weighted by Crippen LogP contribution is 2.18. The molecule has 21 heavy (non-hydrogen) atoms. The summed E-state index contributed by atoms with van der Waals surface area (Å²) < 4.78 is 5.66. The first kappa shape index (κ1) is 14.3. The number of nitrogens with zero attached hydrogens (tertiary/aromatic N) is 3. The molecule has 1 atom stereocenters. The van der Waals surface area contributed by atoms with Crippen molar-refractivity contribution in [1.29, 1.82) is 0 Å². The van der Waals surface area contributed by atoms with Crippen LogP contribution in [0.4, 0.5) is 5.82 Å². The first-order valence-electron chi connectivity index (χ1n) is 7.88. The molecule has 0 aliphatic carbocycles. The van der Waals surface area contributed by atoms with Crippen LogP contribution in [0.2, 0.25) is 0 Å².